The van der Waals surface area contributed by atoms with Crippen LogP contribution in [0.3, 0.4) is 0 Å². The quantitative estimate of drug-likeness (QED) is 0.945. The molecule has 0 amide bonds. The van der Waals surface area contributed by atoms with E-state index in [1.54, 1.807) is 10.6 Å². The van der Waals surface area contributed by atoms with Gasteiger partial charge in [0.1, 0.15) is 0 Å². The van der Waals surface area contributed by atoms with E-state index in [9.17, 15) is 9.90 Å². The number of nitrogens with zero attached hydrogens (tertiary/aromatic N) is 1. The summed E-state index contributed by atoms with van der Waals surface area (Å²) in [5.74, 6) is 1.70. The first kappa shape index (κ1) is 14.9. The third-order valence-electron chi connectivity index (χ3n) is 3.76. The molecule has 1 aromatic heterocycles. The molecule has 0 atom stereocenters. The van der Waals surface area contributed by atoms with Gasteiger partial charge in [-0.05, 0) is 18.1 Å². The first-order chi connectivity index (χ1) is 10.6. The molecule has 0 radical (unpaired) electrons. The average Bonchev–Trinajstić information content (AvgIpc) is 2.72. The summed E-state index contributed by atoms with van der Waals surface area (Å²) in [6, 6.07) is 5.51. The summed E-state index contributed by atoms with van der Waals surface area (Å²) in [4.78, 5) is 12.5. The SMILES string of the molecule is CC(C)Cn1c(=O)c(CO)cc2cc3c(cc21)OCCCO3. The van der Waals surface area contributed by atoms with Crippen molar-refractivity contribution in [3.8, 4) is 11.5 Å². The van der Waals surface area contributed by atoms with Crippen LogP contribution in [0, 0.1) is 5.92 Å². The van der Waals surface area contributed by atoms with Crippen molar-refractivity contribution in [1.82, 2.24) is 4.57 Å². The number of pyridine rings is 1. The molecule has 3 rings (SSSR count). The fourth-order valence-corrected chi connectivity index (χ4v) is 2.75. The Bertz CT molecular complexity index is 748. The van der Waals surface area contributed by atoms with Crippen LogP contribution in [0.4, 0.5) is 0 Å². The van der Waals surface area contributed by atoms with Crippen molar-refractivity contribution < 1.29 is 14.6 Å². The van der Waals surface area contributed by atoms with Gasteiger partial charge in [-0.15, -0.1) is 0 Å². The molecule has 5 heteroatoms. The maximum Gasteiger partial charge on any atom is 0.256 e. The Morgan fingerprint density at radius 1 is 1.18 bits per heavy atom. The summed E-state index contributed by atoms with van der Waals surface area (Å²) in [5.41, 5.74) is 1.08. The van der Waals surface area contributed by atoms with Gasteiger partial charge in [0.15, 0.2) is 11.5 Å². The number of benzene rings is 1. The van der Waals surface area contributed by atoms with Gasteiger partial charge < -0.3 is 19.1 Å². The second kappa shape index (κ2) is 6.01. The second-order valence-corrected chi connectivity index (χ2v) is 6.05. The highest BCUT2D eigenvalue weighted by molar-refractivity contribution is 5.83. The number of fused-ring (bicyclic) bond motifs is 2. The van der Waals surface area contributed by atoms with Crippen molar-refractivity contribution in [2.24, 2.45) is 5.92 Å². The number of aliphatic hydroxyl groups is 1. The molecule has 1 N–H and O–H groups in total. The van der Waals surface area contributed by atoms with E-state index < -0.39 is 0 Å². The van der Waals surface area contributed by atoms with E-state index in [-0.39, 0.29) is 12.2 Å². The van der Waals surface area contributed by atoms with Gasteiger partial charge in [0.2, 0.25) is 0 Å². The highest BCUT2D eigenvalue weighted by atomic mass is 16.5. The minimum Gasteiger partial charge on any atom is -0.490 e. The zero-order valence-corrected chi connectivity index (χ0v) is 13.0. The molecule has 22 heavy (non-hydrogen) atoms. The largest absolute Gasteiger partial charge is 0.490 e. The number of ether oxygens (including phenoxy) is 2. The molecule has 5 nitrogen and oxygen atoms in total. The van der Waals surface area contributed by atoms with E-state index in [4.69, 9.17) is 9.47 Å². The van der Waals surface area contributed by atoms with E-state index in [1.807, 2.05) is 12.1 Å². The Morgan fingerprint density at radius 2 is 1.86 bits per heavy atom. The zero-order chi connectivity index (χ0) is 15.7. The van der Waals surface area contributed by atoms with E-state index in [0.29, 0.717) is 42.7 Å². The van der Waals surface area contributed by atoms with Gasteiger partial charge in [0.05, 0.1) is 25.3 Å². The number of aliphatic hydroxyl groups excluding tert-OH is 1. The summed E-state index contributed by atoms with van der Waals surface area (Å²) in [6.45, 7) is 5.70. The monoisotopic (exact) mass is 303 g/mol. The molecule has 2 aromatic rings. The molecule has 118 valence electrons. The Morgan fingerprint density at radius 3 is 2.50 bits per heavy atom. The van der Waals surface area contributed by atoms with Crippen LogP contribution in [0.15, 0.2) is 23.0 Å². The van der Waals surface area contributed by atoms with E-state index in [0.717, 1.165) is 17.3 Å². The van der Waals surface area contributed by atoms with Gasteiger partial charge in [-0.3, -0.25) is 4.79 Å². The van der Waals surface area contributed by atoms with Crippen LogP contribution in [-0.4, -0.2) is 22.9 Å². The molecular formula is C17H21NO4. The zero-order valence-electron chi connectivity index (χ0n) is 13.0. The van der Waals surface area contributed by atoms with Crippen LogP contribution in [0.2, 0.25) is 0 Å². The molecule has 0 bridgehead atoms. The summed E-state index contributed by atoms with van der Waals surface area (Å²) in [5, 5.41) is 10.3. The van der Waals surface area contributed by atoms with Crippen molar-refractivity contribution in [3.05, 3.63) is 34.1 Å². The van der Waals surface area contributed by atoms with Gasteiger partial charge in [-0.1, -0.05) is 13.8 Å². The van der Waals surface area contributed by atoms with Gasteiger partial charge in [-0.25, -0.2) is 0 Å². The minimum atomic E-state index is -0.263. The summed E-state index contributed by atoms with van der Waals surface area (Å²) >= 11 is 0. The van der Waals surface area contributed by atoms with Gasteiger partial charge in [-0.2, -0.15) is 0 Å². The summed E-state index contributed by atoms with van der Waals surface area (Å²) in [7, 11) is 0. The smallest absolute Gasteiger partial charge is 0.256 e. The van der Waals surface area contributed by atoms with E-state index in [1.165, 1.54) is 0 Å². The van der Waals surface area contributed by atoms with Crippen molar-refractivity contribution >= 4 is 10.9 Å². The van der Waals surface area contributed by atoms with Crippen LogP contribution in [-0.2, 0) is 13.2 Å². The number of rotatable bonds is 3. The first-order valence-corrected chi connectivity index (χ1v) is 7.67. The molecule has 0 aliphatic carbocycles. The van der Waals surface area contributed by atoms with E-state index in [2.05, 4.69) is 13.8 Å². The fraction of sp³-hybridized carbons (Fsp3) is 0.471. The van der Waals surface area contributed by atoms with E-state index >= 15 is 0 Å². The van der Waals surface area contributed by atoms with Crippen LogP contribution in [0.25, 0.3) is 10.9 Å². The average molecular weight is 303 g/mol. The molecule has 1 aromatic carbocycles. The summed E-state index contributed by atoms with van der Waals surface area (Å²) < 4.78 is 13.2. The molecule has 2 heterocycles. The Labute approximate surface area is 129 Å². The third kappa shape index (κ3) is 2.68. The number of aromatic nitrogens is 1. The molecular weight excluding hydrogens is 282 g/mol. The maximum absolute atomic E-state index is 12.5. The lowest BCUT2D eigenvalue weighted by Gasteiger charge is -2.16. The summed E-state index contributed by atoms with van der Waals surface area (Å²) in [6.07, 6.45) is 0.839. The fourth-order valence-electron chi connectivity index (χ4n) is 2.75. The highest BCUT2D eigenvalue weighted by Gasteiger charge is 2.16. The second-order valence-electron chi connectivity index (χ2n) is 6.05. The van der Waals surface area contributed by atoms with Crippen LogP contribution < -0.4 is 15.0 Å². The number of hydrogen-bond donors (Lipinski definition) is 1. The lowest BCUT2D eigenvalue weighted by Crippen LogP contribution is -2.26. The molecule has 0 saturated carbocycles. The lowest BCUT2D eigenvalue weighted by molar-refractivity contribution is 0.279. The molecule has 0 saturated heterocycles. The molecule has 0 spiro atoms. The Hall–Kier alpha value is -2.01. The number of hydrogen-bond acceptors (Lipinski definition) is 4. The maximum atomic E-state index is 12.5. The van der Waals surface area contributed by atoms with Crippen molar-refractivity contribution in [2.75, 3.05) is 13.2 Å². The van der Waals surface area contributed by atoms with Gasteiger partial charge >= 0.3 is 0 Å². The van der Waals surface area contributed by atoms with Crippen LogP contribution >= 0.6 is 0 Å². The van der Waals surface area contributed by atoms with Crippen molar-refractivity contribution in [3.63, 3.8) is 0 Å². The normalized spacial score (nSPS) is 14.4. The van der Waals surface area contributed by atoms with Gasteiger partial charge in [0.25, 0.3) is 5.56 Å². The topological polar surface area (TPSA) is 60.7 Å². The third-order valence-corrected chi connectivity index (χ3v) is 3.76. The van der Waals surface area contributed by atoms with Crippen LogP contribution in [0.1, 0.15) is 25.8 Å². The molecule has 0 fully saturated rings. The predicted molar refractivity (Wildman–Crippen MR) is 84.6 cm³/mol. The van der Waals surface area contributed by atoms with Crippen molar-refractivity contribution in [2.45, 2.75) is 33.4 Å². The Balaban J connectivity index is 2.26. The standard InChI is InChI=1S/C17H21NO4/c1-11(2)9-18-14-8-16-15(21-4-3-5-22-16)7-12(14)6-13(10-19)17(18)20/h6-8,11,19H,3-5,9-10H2,1-2H3. The predicted octanol–water partition coefficient (Wildman–Crippen LogP) is 2.31. The lowest BCUT2D eigenvalue weighted by atomic mass is 10.1. The Kier molecular flexibility index (Phi) is 4.07. The minimum absolute atomic E-state index is 0.141. The van der Waals surface area contributed by atoms with Crippen molar-refractivity contribution in [1.29, 1.82) is 0 Å². The van der Waals surface area contributed by atoms with Crippen LogP contribution in [0.5, 0.6) is 11.5 Å². The first-order valence-electron chi connectivity index (χ1n) is 7.67. The molecule has 1 aliphatic rings. The molecule has 1 aliphatic heterocycles. The highest BCUT2D eigenvalue weighted by Crippen LogP contribution is 2.34. The van der Waals surface area contributed by atoms with Gasteiger partial charge in [0, 0.05) is 30.0 Å². The molecule has 0 unspecified atom stereocenters.